The van der Waals surface area contributed by atoms with E-state index < -0.39 is 0 Å². The normalized spacial score (nSPS) is 13.1. The standard InChI is InChI=1S/C21H26N6O/c1-5-7-16-19-17(27(4)25-16)13-23-20(24-19)15-12-14(8-9-18(15)28-6-2)21-22-10-11-26(21)3/h8-12H,5-7,13H2,1-4H3,(H,23,24). The molecular formula is C21H26N6O. The predicted molar refractivity (Wildman–Crippen MR) is 111 cm³/mol. The molecule has 1 N–H and O–H groups in total. The minimum atomic E-state index is 0.598. The fourth-order valence-corrected chi connectivity index (χ4v) is 3.60. The molecule has 4 rings (SSSR count). The van der Waals surface area contributed by atoms with Crippen LogP contribution in [0.2, 0.25) is 0 Å². The van der Waals surface area contributed by atoms with Crippen molar-refractivity contribution in [1.82, 2.24) is 19.3 Å². The summed E-state index contributed by atoms with van der Waals surface area (Å²) in [7, 11) is 3.97. The van der Waals surface area contributed by atoms with E-state index in [1.54, 1.807) is 6.20 Å². The number of aryl methyl sites for hydroxylation is 3. The van der Waals surface area contributed by atoms with E-state index in [-0.39, 0.29) is 0 Å². The Morgan fingerprint density at radius 1 is 1.21 bits per heavy atom. The zero-order valence-electron chi connectivity index (χ0n) is 16.9. The Labute approximate surface area is 165 Å². The Morgan fingerprint density at radius 3 is 2.79 bits per heavy atom. The van der Waals surface area contributed by atoms with Crippen LogP contribution < -0.4 is 10.1 Å². The van der Waals surface area contributed by atoms with Gasteiger partial charge < -0.3 is 14.6 Å². The first kappa shape index (κ1) is 18.3. The summed E-state index contributed by atoms with van der Waals surface area (Å²) in [6.45, 7) is 5.36. The molecule has 7 heteroatoms. The van der Waals surface area contributed by atoms with Gasteiger partial charge in [-0.15, -0.1) is 0 Å². The van der Waals surface area contributed by atoms with E-state index in [2.05, 4.69) is 28.4 Å². The van der Waals surface area contributed by atoms with Crippen LogP contribution in [0.4, 0.5) is 5.69 Å². The molecule has 0 fully saturated rings. The molecule has 2 aromatic heterocycles. The summed E-state index contributed by atoms with van der Waals surface area (Å²) in [5.41, 5.74) is 5.26. The van der Waals surface area contributed by atoms with Gasteiger partial charge in [-0.1, -0.05) is 13.3 Å². The summed E-state index contributed by atoms with van der Waals surface area (Å²) in [6, 6.07) is 6.14. The van der Waals surface area contributed by atoms with Crippen LogP contribution >= 0.6 is 0 Å². The second kappa shape index (κ2) is 7.50. The average molecular weight is 378 g/mol. The highest BCUT2D eigenvalue weighted by molar-refractivity contribution is 6.11. The maximum Gasteiger partial charge on any atom is 0.139 e. The van der Waals surface area contributed by atoms with Gasteiger partial charge in [-0.25, -0.2) is 4.98 Å². The van der Waals surface area contributed by atoms with Crippen LogP contribution in [0.1, 0.15) is 37.2 Å². The molecule has 146 valence electrons. The van der Waals surface area contributed by atoms with Gasteiger partial charge in [-0.3, -0.25) is 9.67 Å². The number of rotatable bonds is 6. The van der Waals surface area contributed by atoms with Crippen LogP contribution in [0.3, 0.4) is 0 Å². The summed E-state index contributed by atoms with van der Waals surface area (Å²) in [4.78, 5) is 9.27. The van der Waals surface area contributed by atoms with Gasteiger partial charge in [0.2, 0.25) is 0 Å². The maximum absolute atomic E-state index is 5.89. The highest BCUT2D eigenvalue weighted by Crippen LogP contribution is 2.31. The lowest BCUT2D eigenvalue weighted by molar-refractivity contribution is 0.339. The Bertz CT molecular complexity index is 1030. The number of fused-ring (bicyclic) bond motifs is 1. The molecule has 7 nitrogen and oxygen atoms in total. The number of aliphatic imine (C=N–C) groups is 1. The number of hydrogen-bond acceptors (Lipinski definition) is 5. The third-order valence-electron chi connectivity index (χ3n) is 4.97. The molecule has 1 aromatic carbocycles. The Kier molecular flexibility index (Phi) is 4.90. The van der Waals surface area contributed by atoms with Gasteiger partial charge in [0, 0.05) is 32.1 Å². The molecule has 1 aliphatic heterocycles. The summed E-state index contributed by atoms with van der Waals surface area (Å²) in [5.74, 6) is 2.54. The number of imidazole rings is 1. The van der Waals surface area contributed by atoms with Crippen molar-refractivity contribution in [1.29, 1.82) is 0 Å². The molecule has 0 amide bonds. The van der Waals surface area contributed by atoms with E-state index in [0.29, 0.717) is 13.2 Å². The second-order valence-corrected chi connectivity index (χ2v) is 6.94. The van der Waals surface area contributed by atoms with Crippen LogP contribution in [0.5, 0.6) is 5.75 Å². The van der Waals surface area contributed by atoms with Crippen molar-refractivity contribution in [3.63, 3.8) is 0 Å². The van der Waals surface area contributed by atoms with Gasteiger partial charge in [-0.05, 0) is 31.5 Å². The highest BCUT2D eigenvalue weighted by Gasteiger charge is 2.23. The van der Waals surface area contributed by atoms with Gasteiger partial charge in [0.1, 0.15) is 17.4 Å². The van der Waals surface area contributed by atoms with E-state index in [1.165, 1.54) is 0 Å². The summed E-state index contributed by atoms with van der Waals surface area (Å²) in [5, 5.41) is 8.21. The van der Waals surface area contributed by atoms with Gasteiger partial charge in [0.25, 0.3) is 0 Å². The van der Waals surface area contributed by atoms with Crippen molar-refractivity contribution in [3.05, 3.63) is 47.5 Å². The van der Waals surface area contributed by atoms with E-state index in [9.17, 15) is 0 Å². The third-order valence-corrected chi connectivity index (χ3v) is 4.97. The van der Waals surface area contributed by atoms with Gasteiger partial charge in [0.15, 0.2) is 0 Å². The molecule has 0 bridgehead atoms. The van der Waals surface area contributed by atoms with Gasteiger partial charge >= 0.3 is 0 Å². The Balaban J connectivity index is 1.76. The SMILES string of the molecule is CCCc1nn(C)c2c1NC(c1cc(-c3nccn3C)ccc1OCC)=NC2. The molecule has 0 unspecified atom stereocenters. The van der Waals surface area contributed by atoms with Crippen LogP contribution in [0.15, 0.2) is 35.6 Å². The van der Waals surface area contributed by atoms with Crippen molar-refractivity contribution in [2.45, 2.75) is 33.2 Å². The van der Waals surface area contributed by atoms with Crippen LogP contribution in [-0.2, 0) is 27.1 Å². The monoisotopic (exact) mass is 378 g/mol. The van der Waals surface area contributed by atoms with Crippen molar-refractivity contribution >= 4 is 11.5 Å². The molecule has 0 radical (unpaired) electrons. The molecule has 0 saturated heterocycles. The van der Waals surface area contributed by atoms with Crippen molar-refractivity contribution in [2.24, 2.45) is 19.1 Å². The Hall–Kier alpha value is -3.09. The highest BCUT2D eigenvalue weighted by atomic mass is 16.5. The van der Waals surface area contributed by atoms with Crippen molar-refractivity contribution < 1.29 is 4.74 Å². The number of ether oxygens (including phenoxy) is 1. The second-order valence-electron chi connectivity index (χ2n) is 6.94. The number of benzene rings is 1. The zero-order valence-corrected chi connectivity index (χ0v) is 16.9. The van der Waals surface area contributed by atoms with Crippen molar-refractivity contribution in [3.8, 4) is 17.1 Å². The molecule has 0 aliphatic carbocycles. The van der Waals surface area contributed by atoms with E-state index >= 15 is 0 Å². The maximum atomic E-state index is 5.89. The molecular weight excluding hydrogens is 352 g/mol. The quantitative estimate of drug-likeness (QED) is 0.712. The van der Waals surface area contributed by atoms with Crippen LogP contribution in [0.25, 0.3) is 11.4 Å². The first-order valence-corrected chi connectivity index (χ1v) is 9.73. The summed E-state index contributed by atoms with van der Waals surface area (Å²) >= 11 is 0. The summed E-state index contributed by atoms with van der Waals surface area (Å²) < 4.78 is 9.83. The lowest BCUT2D eigenvalue weighted by atomic mass is 10.1. The molecule has 0 atom stereocenters. The average Bonchev–Trinajstić information content (AvgIpc) is 3.26. The molecule has 3 heterocycles. The molecule has 3 aromatic rings. The number of amidine groups is 1. The molecule has 0 spiro atoms. The van der Waals surface area contributed by atoms with Gasteiger partial charge in [0.05, 0.1) is 35.8 Å². The number of aromatic nitrogens is 4. The topological polar surface area (TPSA) is 69.3 Å². The number of anilines is 1. The first-order valence-electron chi connectivity index (χ1n) is 9.73. The number of hydrogen-bond donors (Lipinski definition) is 1. The minimum absolute atomic E-state index is 0.598. The molecule has 28 heavy (non-hydrogen) atoms. The molecule has 0 saturated carbocycles. The predicted octanol–water partition coefficient (Wildman–Crippen LogP) is 3.54. The lowest BCUT2D eigenvalue weighted by Crippen LogP contribution is -2.21. The largest absolute Gasteiger partial charge is 0.493 e. The number of nitrogens with one attached hydrogen (secondary N) is 1. The van der Waals surface area contributed by atoms with Crippen LogP contribution in [0, 0.1) is 0 Å². The molecule has 1 aliphatic rings. The van der Waals surface area contributed by atoms with E-state index in [4.69, 9.17) is 9.73 Å². The number of nitrogens with zero attached hydrogens (tertiary/aromatic N) is 5. The summed E-state index contributed by atoms with van der Waals surface area (Å²) in [6.07, 6.45) is 5.74. The van der Waals surface area contributed by atoms with E-state index in [1.807, 2.05) is 48.6 Å². The fraction of sp³-hybridized carbons (Fsp3) is 0.381. The zero-order chi connectivity index (χ0) is 19.7. The van der Waals surface area contributed by atoms with Crippen LogP contribution in [-0.4, -0.2) is 31.8 Å². The van der Waals surface area contributed by atoms with E-state index in [0.717, 1.165) is 58.5 Å². The van der Waals surface area contributed by atoms with Crippen molar-refractivity contribution in [2.75, 3.05) is 11.9 Å². The first-order chi connectivity index (χ1) is 13.6. The minimum Gasteiger partial charge on any atom is -0.493 e. The lowest BCUT2D eigenvalue weighted by Gasteiger charge is -2.20. The Morgan fingerprint density at radius 2 is 2.07 bits per heavy atom. The third kappa shape index (κ3) is 3.17. The fourth-order valence-electron chi connectivity index (χ4n) is 3.60. The smallest absolute Gasteiger partial charge is 0.139 e. The van der Waals surface area contributed by atoms with Gasteiger partial charge in [-0.2, -0.15) is 5.10 Å².